The number of nitriles is 1. The highest BCUT2D eigenvalue weighted by atomic mass is 16.5. The molecule has 7 nitrogen and oxygen atoms in total. The van der Waals surface area contributed by atoms with E-state index in [0.29, 0.717) is 27.9 Å². The van der Waals surface area contributed by atoms with Gasteiger partial charge in [0, 0.05) is 24.2 Å². The van der Waals surface area contributed by atoms with E-state index in [4.69, 9.17) is 15.2 Å². The average Bonchev–Trinajstić information content (AvgIpc) is 2.97. The molecule has 132 valence electrons. The summed E-state index contributed by atoms with van der Waals surface area (Å²) in [4.78, 5) is 16.5. The molecule has 0 aliphatic rings. The Kier molecular flexibility index (Phi) is 4.26. The largest absolute Gasteiger partial charge is 0.496 e. The van der Waals surface area contributed by atoms with Crippen LogP contribution in [-0.2, 0) is 11.8 Å². The number of benzene rings is 1. The van der Waals surface area contributed by atoms with Crippen molar-refractivity contribution in [2.75, 3.05) is 20.0 Å². The average molecular weight is 350 g/mol. The molecule has 0 aliphatic heterocycles. The van der Waals surface area contributed by atoms with Gasteiger partial charge >= 0.3 is 5.97 Å². The molecule has 2 N–H and O–H groups in total. The van der Waals surface area contributed by atoms with Crippen LogP contribution >= 0.6 is 0 Å². The highest BCUT2D eigenvalue weighted by Gasteiger charge is 2.25. The third-order valence-electron chi connectivity index (χ3n) is 4.41. The first-order valence-electron chi connectivity index (χ1n) is 7.85. The minimum Gasteiger partial charge on any atom is -0.496 e. The van der Waals surface area contributed by atoms with Crippen molar-refractivity contribution in [2.45, 2.75) is 6.92 Å². The fraction of sp³-hybridized carbons (Fsp3) is 0.211. The van der Waals surface area contributed by atoms with Crippen LogP contribution < -0.4 is 10.5 Å². The summed E-state index contributed by atoms with van der Waals surface area (Å²) in [5, 5.41) is 10.2. The molecule has 0 amide bonds. The number of nitrogens with zero attached hydrogens (tertiary/aromatic N) is 3. The van der Waals surface area contributed by atoms with Crippen molar-refractivity contribution < 1.29 is 14.3 Å². The van der Waals surface area contributed by atoms with Crippen LogP contribution in [0.3, 0.4) is 0 Å². The SMILES string of the molecule is COC(=O)c1nc2c(c(C#N)cn2C)c(-c2cccc(OC)c2C)c1N. The third kappa shape index (κ3) is 2.43. The topological polar surface area (TPSA) is 103 Å². The van der Waals surface area contributed by atoms with E-state index in [0.717, 1.165) is 11.1 Å². The van der Waals surface area contributed by atoms with Gasteiger partial charge in [0.15, 0.2) is 5.69 Å². The number of methoxy groups -OCH3 is 2. The molecule has 2 heterocycles. The van der Waals surface area contributed by atoms with Gasteiger partial charge in [-0.3, -0.25) is 0 Å². The lowest BCUT2D eigenvalue weighted by Gasteiger charge is -2.16. The maximum atomic E-state index is 12.2. The molecule has 0 atom stereocenters. The Bertz CT molecular complexity index is 1080. The van der Waals surface area contributed by atoms with Crippen LogP contribution in [0.25, 0.3) is 22.2 Å². The second-order valence-corrected chi connectivity index (χ2v) is 5.84. The Hall–Kier alpha value is -3.53. The molecule has 0 aliphatic carbocycles. The Morgan fingerprint density at radius 1 is 1.35 bits per heavy atom. The van der Waals surface area contributed by atoms with E-state index in [1.165, 1.54) is 7.11 Å². The van der Waals surface area contributed by atoms with Gasteiger partial charge in [-0.1, -0.05) is 12.1 Å². The monoisotopic (exact) mass is 350 g/mol. The smallest absolute Gasteiger partial charge is 0.358 e. The molecule has 3 aromatic rings. The maximum Gasteiger partial charge on any atom is 0.358 e. The van der Waals surface area contributed by atoms with Crippen LogP contribution in [0.5, 0.6) is 5.75 Å². The van der Waals surface area contributed by atoms with Crippen molar-refractivity contribution in [3.8, 4) is 22.9 Å². The van der Waals surface area contributed by atoms with Crippen molar-refractivity contribution in [3.05, 3.63) is 41.2 Å². The zero-order valence-corrected chi connectivity index (χ0v) is 15.0. The molecule has 0 saturated carbocycles. The minimum atomic E-state index is -0.633. The maximum absolute atomic E-state index is 12.2. The summed E-state index contributed by atoms with van der Waals surface area (Å²) >= 11 is 0. The van der Waals surface area contributed by atoms with Crippen molar-refractivity contribution in [1.82, 2.24) is 9.55 Å². The number of hydrogen-bond acceptors (Lipinski definition) is 6. The standard InChI is InChI=1S/C19H18N4O3/c1-10-12(6-5-7-13(10)25-3)15-14-11(8-20)9-23(2)18(14)22-17(16(15)21)19(24)26-4/h5-7,9H,21H2,1-4H3. The number of ether oxygens (including phenoxy) is 2. The molecular formula is C19H18N4O3. The van der Waals surface area contributed by atoms with Gasteiger partial charge in [-0.2, -0.15) is 5.26 Å². The summed E-state index contributed by atoms with van der Waals surface area (Å²) in [6.07, 6.45) is 1.66. The van der Waals surface area contributed by atoms with Gasteiger partial charge in [-0.25, -0.2) is 9.78 Å². The van der Waals surface area contributed by atoms with Crippen LogP contribution in [0.15, 0.2) is 24.4 Å². The van der Waals surface area contributed by atoms with Gasteiger partial charge in [-0.15, -0.1) is 0 Å². The van der Waals surface area contributed by atoms with Crippen LogP contribution in [0.2, 0.25) is 0 Å². The van der Waals surface area contributed by atoms with E-state index in [1.54, 1.807) is 24.9 Å². The fourth-order valence-corrected chi connectivity index (χ4v) is 3.14. The first-order chi connectivity index (χ1) is 12.4. The molecule has 0 bridgehead atoms. The lowest BCUT2D eigenvalue weighted by molar-refractivity contribution is 0.0596. The molecule has 2 aromatic heterocycles. The number of nitrogens with two attached hydrogens (primary N) is 1. The van der Waals surface area contributed by atoms with E-state index >= 15 is 0 Å². The van der Waals surface area contributed by atoms with Crippen molar-refractivity contribution >= 4 is 22.7 Å². The summed E-state index contributed by atoms with van der Waals surface area (Å²) < 4.78 is 11.9. The molecule has 26 heavy (non-hydrogen) atoms. The number of rotatable bonds is 3. The van der Waals surface area contributed by atoms with Crippen molar-refractivity contribution in [2.24, 2.45) is 7.05 Å². The number of fused-ring (bicyclic) bond motifs is 1. The van der Waals surface area contributed by atoms with Crippen LogP contribution in [0.1, 0.15) is 21.6 Å². The van der Waals surface area contributed by atoms with Crippen LogP contribution in [-0.4, -0.2) is 29.7 Å². The number of anilines is 1. The predicted molar refractivity (Wildman–Crippen MR) is 97.9 cm³/mol. The van der Waals surface area contributed by atoms with Gasteiger partial charge in [0.2, 0.25) is 0 Å². The van der Waals surface area contributed by atoms with Gasteiger partial charge in [0.05, 0.1) is 25.5 Å². The zero-order chi connectivity index (χ0) is 19.0. The molecule has 1 aromatic carbocycles. The molecule has 7 heteroatoms. The number of hydrogen-bond donors (Lipinski definition) is 1. The quantitative estimate of drug-likeness (QED) is 0.729. The number of nitrogen functional groups attached to an aromatic ring is 1. The van der Waals surface area contributed by atoms with E-state index in [9.17, 15) is 10.1 Å². The molecular weight excluding hydrogens is 332 g/mol. The Balaban J connectivity index is 2.53. The normalized spacial score (nSPS) is 10.6. The van der Waals surface area contributed by atoms with Crippen LogP contribution in [0, 0.1) is 18.3 Å². The van der Waals surface area contributed by atoms with Gasteiger partial charge in [-0.05, 0) is 24.1 Å². The number of esters is 1. The molecule has 0 fully saturated rings. The number of carbonyl (C=O) groups excluding carboxylic acids is 1. The summed E-state index contributed by atoms with van der Waals surface area (Å²) in [5.74, 6) is 0.0480. The predicted octanol–water partition coefficient (Wildman–Crippen LogP) is 2.80. The zero-order valence-electron chi connectivity index (χ0n) is 15.0. The summed E-state index contributed by atoms with van der Waals surface area (Å²) in [6, 6.07) is 7.72. The lowest BCUT2D eigenvalue weighted by Crippen LogP contribution is -2.11. The van der Waals surface area contributed by atoms with E-state index < -0.39 is 5.97 Å². The summed E-state index contributed by atoms with van der Waals surface area (Å²) in [6.45, 7) is 1.90. The first-order valence-corrected chi connectivity index (χ1v) is 7.85. The number of carbonyl (C=O) groups is 1. The van der Waals surface area contributed by atoms with E-state index in [-0.39, 0.29) is 11.4 Å². The summed E-state index contributed by atoms with van der Waals surface area (Å²) in [7, 11) is 4.62. The van der Waals surface area contributed by atoms with E-state index in [1.807, 2.05) is 25.1 Å². The number of pyridine rings is 1. The van der Waals surface area contributed by atoms with Gasteiger partial charge in [0.1, 0.15) is 17.5 Å². The van der Waals surface area contributed by atoms with Gasteiger partial charge in [0.25, 0.3) is 0 Å². The van der Waals surface area contributed by atoms with Gasteiger partial charge < -0.3 is 19.8 Å². The number of aryl methyl sites for hydroxylation is 1. The molecule has 0 saturated heterocycles. The van der Waals surface area contributed by atoms with E-state index in [2.05, 4.69) is 11.1 Å². The number of aromatic nitrogens is 2. The Labute approximate surface area is 150 Å². The van der Waals surface area contributed by atoms with Crippen LogP contribution in [0.4, 0.5) is 5.69 Å². The highest BCUT2D eigenvalue weighted by Crippen LogP contribution is 2.41. The minimum absolute atomic E-state index is 0.0166. The fourth-order valence-electron chi connectivity index (χ4n) is 3.14. The molecule has 0 unspecified atom stereocenters. The Morgan fingerprint density at radius 2 is 2.08 bits per heavy atom. The van der Waals surface area contributed by atoms with Crippen molar-refractivity contribution in [3.63, 3.8) is 0 Å². The first kappa shape index (κ1) is 17.3. The molecule has 0 radical (unpaired) electrons. The molecule has 3 rings (SSSR count). The second kappa shape index (κ2) is 6.41. The Morgan fingerprint density at radius 3 is 2.69 bits per heavy atom. The van der Waals surface area contributed by atoms with Crippen molar-refractivity contribution in [1.29, 1.82) is 5.26 Å². The third-order valence-corrected chi connectivity index (χ3v) is 4.41. The summed E-state index contributed by atoms with van der Waals surface area (Å²) in [5.41, 5.74) is 9.61. The highest BCUT2D eigenvalue weighted by molar-refractivity contribution is 6.09. The lowest BCUT2D eigenvalue weighted by atomic mass is 9.94. The molecule has 0 spiro atoms. The second-order valence-electron chi connectivity index (χ2n) is 5.84.